The van der Waals surface area contributed by atoms with E-state index in [-0.39, 0.29) is 0 Å². The van der Waals surface area contributed by atoms with Crippen LogP contribution in [0.4, 0.5) is 0 Å². The van der Waals surface area contributed by atoms with Gasteiger partial charge >= 0.3 is 0 Å². The number of hydrogen-bond acceptors (Lipinski definition) is 3. The van der Waals surface area contributed by atoms with Gasteiger partial charge in [-0.15, -0.1) is 11.3 Å². The quantitative estimate of drug-likeness (QED) is 0.820. The molecule has 0 aromatic carbocycles. The fourth-order valence-electron chi connectivity index (χ4n) is 2.08. The summed E-state index contributed by atoms with van der Waals surface area (Å²) in [6, 6.07) is 4.84. The molecule has 84 valence electrons. The Hall–Kier alpha value is -0.380. The molecular weight excluding hydrogens is 204 g/mol. The van der Waals surface area contributed by atoms with Crippen LogP contribution in [0.1, 0.15) is 30.7 Å². The van der Waals surface area contributed by atoms with E-state index in [0.29, 0.717) is 6.04 Å². The molecule has 2 unspecified atom stereocenters. The Morgan fingerprint density at radius 3 is 3.27 bits per heavy atom. The summed E-state index contributed by atoms with van der Waals surface area (Å²) in [5.41, 5.74) is 0. The van der Waals surface area contributed by atoms with Gasteiger partial charge in [-0.3, -0.25) is 0 Å². The number of thiophene rings is 1. The van der Waals surface area contributed by atoms with E-state index in [1.807, 2.05) is 11.3 Å². The normalized spacial score (nSPS) is 23.9. The fraction of sp³-hybridized carbons (Fsp3) is 0.667. The summed E-state index contributed by atoms with van der Waals surface area (Å²) in [5, 5.41) is 9.23. The molecule has 2 rings (SSSR count). The maximum Gasteiger partial charge on any atom is 0.0386 e. The largest absolute Gasteiger partial charge is 0.316 e. The van der Waals surface area contributed by atoms with Crippen LogP contribution in [-0.4, -0.2) is 19.6 Å². The van der Waals surface area contributed by atoms with Gasteiger partial charge in [-0.1, -0.05) is 6.07 Å². The second kappa shape index (κ2) is 5.64. The van der Waals surface area contributed by atoms with Crippen molar-refractivity contribution in [2.24, 2.45) is 5.92 Å². The van der Waals surface area contributed by atoms with Crippen molar-refractivity contribution in [1.29, 1.82) is 0 Å². The molecule has 0 saturated carbocycles. The van der Waals surface area contributed by atoms with E-state index in [0.717, 1.165) is 12.5 Å². The first-order chi connectivity index (χ1) is 7.36. The van der Waals surface area contributed by atoms with Gasteiger partial charge in [0.05, 0.1) is 0 Å². The lowest BCUT2D eigenvalue weighted by atomic mass is 9.99. The van der Waals surface area contributed by atoms with E-state index >= 15 is 0 Å². The molecule has 1 aliphatic rings. The zero-order chi connectivity index (χ0) is 10.5. The van der Waals surface area contributed by atoms with Crippen LogP contribution in [0.5, 0.6) is 0 Å². The van der Waals surface area contributed by atoms with Crippen molar-refractivity contribution in [1.82, 2.24) is 10.6 Å². The van der Waals surface area contributed by atoms with Crippen molar-refractivity contribution in [2.75, 3.05) is 19.6 Å². The van der Waals surface area contributed by atoms with Gasteiger partial charge in [0.25, 0.3) is 0 Å². The third-order valence-corrected chi connectivity index (χ3v) is 4.14. The van der Waals surface area contributed by atoms with Crippen LogP contribution in [0.3, 0.4) is 0 Å². The summed E-state index contributed by atoms with van der Waals surface area (Å²) in [7, 11) is 0. The Kier molecular flexibility index (Phi) is 4.18. The highest BCUT2D eigenvalue weighted by Crippen LogP contribution is 2.19. The predicted molar refractivity (Wildman–Crippen MR) is 66.3 cm³/mol. The van der Waals surface area contributed by atoms with Crippen molar-refractivity contribution >= 4 is 11.3 Å². The van der Waals surface area contributed by atoms with Crippen molar-refractivity contribution in [3.63, 3.8) is 0 Å². The fourth-order valence-corrected chi connectivity index (χ4v) is 2.84. The van der Waals surface area contributed by atoms with Gasteiger partial charge in [0.1, 0.15) is 0 Å². The average molecular weight is 224 g/mol. The molecule has 2 heterocycles. The molecular formula is C12H20N2S. The Morgan fingerprint density at radius 1 is 1.67 bits per heavy atom. The SMILES string of the molecule is CC(NCC1CCCNC1)c1cccs1. The van der Waals surface area contributed by atoms with E-state index in [9.17, 15) is 0 Å². The Balaban J connectivity index is 1.73. The van der Waals surface area contributed by atoms with E-state index < -0.39 is 0 Å². The summed E-state index contributed by atoms with van der Waals surface area (Å²) in [4.78, 5) is 1.44. The zero-order valence-electron chi connectivity index (χ0n) is 9.33. The monoisotopic (exact) mass is 224 g/mol. The lowest BCUT2D eigenvalue weighted by Crippen LogP contribution is -2.36. The molecule has 15 heavy (non-hydrogen) atoms. The minimum atomic E-state index is 0.506. The Labute approximate surface area is 96.1 Å². The topological polar surface area (TPSA) is 24.1 Å². The van der Waals surface area contributed by atoms with Crippen LogP contribution < -0.4 is 10.6 Å². The smallest absolute Gasteiger partial charge is 0.0386 e. The molecule has 1 fully saturated rings. The van der Waals surface area contributed by atoms with Crippen LogP contribution >= 0.6 is 11.3 Å². The molecule has 1 aromatic rings. The predicted octanol–water partition coefficient (Wildman–Crippen LogP) is 2.40. The molecule has 1 aromatic heterocycles. The second-order valence-electron chi connectivity index (χ2n) is 4.36. The molecule has 0 bridgehead atoms. The minimum Gasteiger partial charge on any atom is -0.316 e. The van der Waals surface area contributed by atoms with E-state index in [1.54, 1.807) is 0 Å². The van der Waals surface area contributed by atoms with Gasteiger partial charge in [-0.25, -0.2) is 0 Å². The molecule has 2 nitrogen and oxygen atoms in total. The zero-order valence-corrected chi connectivity index (χ0v) is 10.1. The van der Waals surface area contributed by atoms with Crippen LogP contribution in [-0.2, 0) is 0 Å². The van der Waals surface area contributed by atoms with Crippen molar-refractivity contribution < 1.29 is 0 Å². The van der Waals surface area contributed by atoms with Gasteiger partial charge in [0, 0.05) is 10.9 Å². The third-order valence-electron chi connectivity index (χ3n) is 3.08. The van der Waals surface area contributed by atoms with Gasteiger partial charge in [0.2, 0.25) is 0 Å². The first-order valence-electron chi connectivity index (χ1n) is 5.84. The molecule has 3 heteroatoms. The second-order valence-corrected chi connectivity index (χ2v) is 5.34. The number of rotatable bonds is 4. The van der Waals surface area contributed by atoms with Gasteiger partial charge in [0.15, 0.2) is 0 Å². The van der Waals surface area contributed by atoms with Gasteiger partial charge < -0.3 is 10.6 Å². The van der Waals surface area contributed by atoms with Crippen LogP contribution in [0, 0.1) is 5.92 Å². The number of piperidine rings is 1. The van der Waals surface area contributed by atoms with Crippen molar-refractivity contribution in [3.05, 3.63) is 22.4 Å². The highest BCUT2D eigenvalue weighted by molar-refractivity contribution is 7.10. The third kappa shape index (κ3) is 3.30. The lowest BCUT2D eigenvalue weighted by Gasteiger charge is -2.24. The molecule has 0 aliphatic carbocycles. The maximum atomic E-state index is 3.63. The standard InChI is InChI=1S/C12H20N2S/c1-10(12-5-3-7-15-12)14-9-11-4-2-6-13-8-11/h3,5,7,10-11,13-14H,2,4,6,8-9H2,1H3. The van der Waals surface area contributed by atoms with Crippen molar-refractivity contribution in [3.8, 4) is 0 Å². The van der Waals surface area contributed by atoms with E-state index in [2.05, 4.69) is 35.1 Å². The molecule has 0 amide bonds. The highest BCUT2D eigenvalue weighted by atomic mass is 32.1. The van der Waals surface area contributed by atoms with Crippen LogP contribution in [0.2, 0.25) is 0 Å². The summed E-state index contributed by atoms with van der Waals surface area (Å²) in [5.74, 6) is 0.821. The van der Waals surface area contributed by atoms with Gasteiger partial charge in [-0.2, -0.15) is 0 Å². The molecule has 0 radical (unpaired) electrons. The average Bonchev–Trinajstić information content (AvgIpc) is 2.81. The Morgan fingerprint density at radius 2 is 2.60 bits per heavy atom. The van der Waals surface area contributed by atoms with Gasteiger partial charge in [-0.05, 0) is 56.8 Å². The van der Waals surface area contributed by atoms with E-state index in [4.69, 9.17) is 0 Å². The molecule has 0 spiro atoms. The highest BCUT2D eigenvalue weighted by Gasteiger charge is 2.14. The van der Waals surface area contributed by atoms with E-state index in [1.165, 1.54) is 30.8 Å². The van der Waals surface area contributed by atoms with Crippen LogP contribution in [0.15, 0.2) is 17.5 Å². The summed E-state index contributed by atoms with van der Waals surface area (Å²) >= 11 is 1.84. The number of hydrogen-bond donors (Lipinski definition) is 2. The summed E-state index contributed by atoms with van der Waals surface area (Å²) in [6.45, 7) is 5.79. The summed E-state index contributed by atoms with van der Waals surface area (Å²) < 4.78 is 0. The molecule has 2 N–H and O–H groups in total. The minimum absolute atomic E-state index is 0.506. The number of nitrogens with one attached hydrogen (secondary N) is 2. The summed E-state index contributed by atoms with van der Waals surface area (Å²) in [6.07, 6.45) is 2.71. The maximum absolute atomic E-state index is 3.63. The van der Waals surface area contributed by atoms with Crippen LogP contribution in [0.25, 0.3) is 0 Å². The van der Waals surface area contributed by atoms with Crippen molar-refractivity contribution in [2.45, 2.75) is 25.8 Å². The molecule has 2 atom stereocenters. The molecule has 1 aliphatic heterocycles. The first-order valence-corrected chi connectivity index (χ1v) is 6.71. The first kappa shape index (κ1) is 11.1. The molecule has 1 saturated heterocycles. The Bertz CT molecular complexity index is 265. The lowest BCUT2D eigenvalue weighted by molar-refractivity contribution is 0.349.